The van der Waals surface area contributed by atoms with Gasteiger partial charge < -0.3 is 10.6 Å². The first-order valence-corrected chi connectivity index (χ1v) is 7.77. The topological polar surface area (TPSA) is 41.1 Å². The third kappa shape index (κ3) is 3.53. The summed E-state index contributed by atoms with van der Waals surface area (Å²) in [6.07, 6.45) is 4.91. The number of hydrogen-bond acceptors (Lipinski definition) is 2. The minimum Gasteiger partial charge on any atom is -0.385 e. The van der Waals surface area contributed by atoms with E-state index in [0.717, 1.165) is 29.8 Å². The van der Waals surface area contributed by atoms with Crippen LogP contribution in [-0.4, -0.2) is 18.5 Å². The second-order valence-electron chi connectivity index (χ2n) is 5.91. The molecule has 0 heterocycles. The lowest BCUT2D eigenvalue weighted by atomic mass is 9.80. The predicted molar refractivity (Wildman–Crippen MR) is 84.2 cm³/mol. The third-order valence-electron chi connectivity index (χ3n) is 4.27. The number of nitrogens with one attached hydrogen (secondary N) is 2. The molecule has 1 atom stereocenters. The lowest BCUT2D eigenvalue weighted by Gasteiger charge is -2.32. The molecular weight excluding hydrogens is 248 g/mol. The average molecular weight is 274 g/mol. The highest BCUT2D eigenvalue weighted by Crippen LogP contribution is 2.29. The number of hydrogen-bond donors (Lipinski definition) is 2. The zero-order valence-corrected chi connectivity index (χ0v) is 12.8. The van der Waals surface area contributed by atoms with Crippen LogP contribution in [0.4, 0.5) is 5.69 Å². The minimum absolute atomic E-state index is 0.0592. The standard InChI is InChI=1S/C17H26N2O/c1-4-10-18-15-8-9-16(12(2)11-15)17(20)19-13(3)14-6-5-7-14/h8-9,11,13-14,18H,4-7,10H2,1-3H3,(H,19,20). The van der Waals surface area contributed by atoms with Crippen molar-refractivity contribution in [1.29, 1.82) is 0 Å². The molecule has 2 rings (SSSR count). The van der Waals surface area contributed by atoms with Gasteiger partial charge in [0.1, 0.15) is 0 Å². The van der Waals surface area contributed by atoms with Crippen molar-refractivity contribution in [3.05, 3.63) is 29.3 Å². The van der Waals surface area contributed by atoms with Crippen molar-refractivity contribution < 1.29 is 4.79 Å². The molecule has 1 unspecified atom stereocenters. The summed E-state index contributed by atoms with van der Waals surface area (Å²) >= 11 is 0. The van der Waals surface area contributed by atoms with E-state index in [1.54, 1.807) is 0 Å². The van der Waals surface area contributed by atoms with Gasteiger partial charge in [0, 0.05) is 23.8 Å². The Bertz CT molecular complexity index is 466. The fraction of sp³-hybridized carbons (Fsp3) is 0.588. The molecular formula is C17H26N2O. The van der Waals surface area contributed by atoms with Crippen molar-refractivity contribution in [2.45, 2.75) is 52.5 Å². The van der Waals surface area contributed by atoms with Crippen LogP contribution in [0.1, 0.15) is 55.5 Å². The molecule has 1 fully saturated rings. The van der Waals surface area contributed by atoms with E-state index in [4.69, 9.17) is 0 Å². The van der Waals surface area contributed by atoms with Crippen LogP contribution in [0.25, 0.3) is 0 Å². The van der Waals surface area contributed by atoms with Gasteiger partial charge in [-0.15, -0.1) is 0 Å². The Hall–Kier alpha value is -1.51. The molecule has 1 aliphatic carbocycles. The molecule has 3 nitrogen and oxygen atoms in total. The maximum absolute atomic E-state index is 12.3. The van der Waals surface area contributed by atoms with Crippen LogP contribution in [0.5, 0.6) is 0 Å². The largest absolute Gasteiger partial charge is 0.385 e. The zero-order chi connectivity index (χ0) is 14.5. The maximum atomic E-state index is 12.3. The Morgan fingerprint density at radius 2 is 2.15 bits per heavy atom. The normalized spacial score (nSPS) is 16.4. The molecule has 1 aromatic carbocycles. The summed E-state index contributed by atoms with van der Waals surface area (Å²) in [6, 6.07) is 6.26. The number of amides is 1. The molecule has 1 aliphatic rings. The van der Waals surface area contributed by atoms with Gasteiger partial charge in [-0.25, -0.2) is 0 Å². The first kappa shape index (κ1) is 14.9. The Labute approximate surface area is 122 Å². The average Bonchev–Trinajstić information content (AvgIpc) is 2.33. The van der Waals surface area contributed by atoms with E-state index in [2.05, 4.69) is 30.5 Å². The van der Waals surface area contributed by atoms with Crippen LogP contribution < -0.4 is 10.6 Å². The molecule has 0 saturated heterocycles. The van der Waals surface area contributed by atoms with Crippen LogP contribution in [-0.2, 0) is 0 Å². The van der Waals surface area contributed by atoms with Gasteiger partial charge in [-0.05, 0) is 62.8 Å². The molecule has 1 aromatic rings. The van der Waals surface area contributed by atoms with Crippen LogP contribution >= 0.6 is 0 Å². The molecule has 20 heavy (non-hydrogen) atoms. The van der Waals surface area contributed by atoms with E-state index in [1.807, 2.05) is 19.1 Å². The summed E-state index contributed by atoms with van der Waals surface area (Å²) in [5.74, 6) is 0.730. The Morgan fingerprint density at radius 3 is 2.70 bits per heavy atom. The molecule has 110 valence electrons. The SMILES string of the molecule is CCCNc1ccc(C(=O)NC(C)C2CCC2)c(C)c1. The fourth-order valence-corrected chi connectivity index (χ4v) is 2.64. The van der Waals surface area contributed by atoms with Crippen LogP contribution in [0.3, 0.4) is 0 Å². The first-order valence-electron chi connectivity index (χ1n) is 7.77. The van der Waals surface area contributed by atoms with Crippen molar-refractivity contribution in [2.24, 2.45) is 5.92 Å². The minimum atomic E-state index is 0.0592. The fourth-order valence-electron chi connectivity index (χ4n) is 2.64. The molecule has 0 aliphatic heterocycles. The Kier molecular flexibility index (Phi) is 5.05. The number of carbonyl (C=O) groups excluding carboxylic acids is 1. The first-order chi connectivity index (χ1) is 9.61. The van der Waals surface area contributed by atoms with E-state index in [9.17, 15) is 4.79 Å². The monoisotopic (exact) mass is 274 g/mol. The summed E-state index contributed by atoms with van der Waals surface area (Å²) < 4.78 is 0. The number of aryl methyl sites for hydroxylation is 1. The van der Waals surface area contributed by atoms with Gasteiger partial charge in [-0.3, -0.25) is 4.79 Å². The number of anilines is 1. The molecule has 0 spiro atoms. The second kappa shape index (κ2) is 6.78. The summed E-state index contributed by atoms with van der Waals surface area (Å²) in [5, 5.41) is 6.49. The van der Waals surface area contributed by atoms with Gasteiger partial charge in [0.05, 0.1) is 0 Å². The predicted octanol–water partition coefficient (Wildman–Crippen LogP) is 3.74. The molecule has 1 saturated carbocycles. The van der Waals surface area contributed by atoms with Gasteiger partial charge >= 0.3 is 0 Å². The van der Waals surface area contributed by atoms with Gasteiger partial charge in [0.15, 0.2) is 0 Å². The summed E-state index contributed by atoms with van der Waals surface area (Å²) in [6.45, 7) is 7.22. The van der Waals surface area contributed by atoms with Gasteiger partial charge in [0.2, 0.25) is 0 Å². The van der Waals surface area contributed by atoms with Crippen molar-refractivity contribution in [3.8, 4) is 0 Å². The second-order valence-corrected chi connectivity index (χ2v) is 5.91. The van der Waals surface area contributed by atoms with Crippen LogP contribution in [0.15, 0.2) is 18.2 Å². The van der Waals surface area contributed by atoms with E-state index < -0.39 is 0 Å². The number of carbonyl (C=O) groups is 1. The van der Waals surface area contributed by atoms with Crippen molar-refractivity contribution in [1.82, 2.24) is 5.32 Å². The van der Waals surface area contributed by atoms with Crippen LogP contribution in [0.2, 0.25) is 0 Å². The smallest absolute Gasteiger partial charge is 0.251 e. The van der Waals surface area contributed by atoms with E-state index in [-0.39, 0.29) is 11.9 Å². The molecule has 1 amide bonds. The van der Waals surface area contributed by atoms with Crippen molar-refractivity contribution in [3.63, 3.8) is 0 Å². The lowest BCUT2D eigenvalue weighted by molar-refractivity contribution is 0.0908. The third-order valence-corrected chi connectivity index (χ3v) is 4.27. The number of rotatable bonds is 6. The molecule has 0 radical (unpaired) electrons. The molecule has 3 heteroatoms. The Morgan fingerprint density at radius 1 is 1.40 bits per heavy atom. The van der Waals surface area contributed by atoms with E-state index in [0.29, 0.717) is 5.92 Å². The lowest BCUT2D eigenvalue weighted by Crippen LogP contribution is -2.40. The van der Waals surface area contributed by atoms with Crippen LogP contribution in [0, 0.1) is 12.8 Å². The van der Waals surface area contributed by atoms with Gasteiger partial charge in [-0.1, -0.05) is 13.3 Å². The quantitative estimate of drug-likeness (QED) is 0.829. The molecule has 0 bridgehead atoms. The van der Waals surface area contributed by atoms with E-state index in [1.165, 1.54) is 19.3 Å². The number of benzene rings is 1. The summed E-state index contributed by atoms with van der Waals surface area (Å²) in [4.78, 5) is 12.3. The van der Waals surface area contributed by atoms with Crippen molar-refractivity contribution >= 4 is 11.6 Å². The zero-order valence-electron chi connectivity index (χ0n) is 12.8. The maximum Gasteiger partial charge on any atom is 0.251 e. The summed E-state index contributed by atoms with van der Waals surface area (Å²) in [7, 11) is 0. The van der Waals surface area contributed by atoms with Crippen molar-refractivity contribution in [2.75, 3.05) is 11.9 Å². The molecule has 2 N–H and O–H groups in total. The van der Waals surface area contributed by atoms with Gasteiger partial charge in [0.25, 0.3) is 5.91 Å². The summed E-state index contributed by atoms with van der Waals surface area (Å²) in [5.41, 5.74) is 2.91. The highest BCUT2D eigenvalue weighted by Gasteiger charge is 2.25. The highest BCUT2D eigenvalue weighted by molar-refractivity contribution is 5.96. The van der Waals surface area contributed by atoms with E-state index >= 15 is 0 Å². The van der Waals surface area contributed by atoms with Gasteiger partial charge in [-0.2, -0.15) is 0 Å². The molecule has 0 aromatic heterocycles. The Balaban J connectivity index is 1.98. The highest BCUT2D eigenvalue weighted by atomic mass is 16.1.